The molecule has 0 spiro atoms. The van der Waals surface area contributed by atoms with Crippen molar-refractivity contribution in [2.24, 2.45) is 11.8 Å². The van der Waals surface area contributed by atoms with Gasteiger partial charge in [0.25, 0.3) is 0 Å². The van der Waals surface area contributed by atoms with Crippen LogP contribution in [0.4, 0.5) is 0 Å². The van der Waals surface area contributed by atoms with Gasteiger partial charge >= 0.3 is 39.5 Å². The van der Waals surface area contributed by atoms with Gasteiger partial charge in [-0.2, -0.15) is 0 Å². The van der Waals surface area contributed by atoms with Crippen LogP contribution < -0.4 is 0 Å². The number of esters is 4. The highest BCUT2D eigenvalue weighted by molar-refractivity contribution is 7.47. The van der Waals surface area contributed by atoms with Crippen molar-refractivity contribution in [1.29, 1.82) is 0 Å². The lowest BCUT2D eigenvalue weighted by molar-refractivity contribution is -0.161. The molecule has 0 fully saturated rings. The van der Waals surface area contributed by atoms with Crippen molar-refractivity contribution < 1.29 is 80.2 Å². The SMILES string of the molecule is CCCCCCCCCCCCCCCCCCC(=O)O[C@H](COC(=O)CCCCCCCCCCCCCCC)COP(=O)(O)OC[C@H](O)COP(=O)(O)OC[C@@H](COC(=O)CCCCCCCCCCCCCCCCCCC(C)C)OC(=O)CCCCCCCCCCCCCCCCCCCCC(C)C. The number of carbonyl (C=O) groups excluding carboxylic acids is 4. The average Bonchev–Trinajstić information content (AvgIpc) is 0.898. The van der Waals surface area contributed by atoms with E-state index in [1.165, 1.54) is 302 Å². The molecule has 648 valence electrons. The van der Waals surface area contributed by atoms with Crippen molar-refractivity contribution >= 4 is 39.5 Å². The first-order valence-electron chi connectivity index (χ1n) is 46.5. The molecular weight excluding hydrogens is 1410 g/mol. The third-order valence-electron chi connectivity index (χ3n) is 21.2. The van der Waals surface area contributed by atoms with Crippen LogP contribution in [0.1, 0.15) is 485 Å². The second-order valence-corrected chi connectivity index (χ2v) is 36.2. The number of hydrogen-bond donors (Lipinski definition) is 3. The van der Waals surface area contributed by atoms with Crippen LogP contribution in [0.3, 0.4) is 0 Å². The normalized spacial score (nSPS) is 13.8. The molecule has 0 saturated carbocycles. The zero-order valence-electron chi connectivity index (χ0n) is 71.9. The van der Waals surface area contributed by atoms with E-state index in [4.69, 9.17) is 37.0 Å². The molecule has 19 heteroatoms. The fourth-order valence-corrected chi connectivity index (χ4v) is 15.7. The number of aliphatic hydroxyl groups excluding tert-OH is 1. The summed E-state index contributed by atoms with van der Waals surface area (Å²) in [5, 5.41) is 10.7. The molecule has 0 rings (SSSR count). The van der Waals surface area contributed by atoms with Crippen LogP contribution in [0.25, 0.3) is 0 Å². The Morgan fingerprint density at radius 2 is 0.422 bits per heavy atom. The van der Waals surface area contributed by atoms with E-state index in [0.29, 0.717) is 25.7 Å². The van der Waals surface area contributed by atoms with Crippen LogP contribution in [0.2, 0.25) is 0 Å². The number of rotatable bonds is 89. The number of ether oxygens (including phenoxy) is 4. The number of carbonyl (C=O) groups is 4. The largest absolute Gasteiger partial charge is 0.472 e. The van der Waals surface area contributed by atoms with Crippen LogP contribution in [-0.2, 0) is 65.4 Å². The predicted molar refractivity (Wildman–Crippen MR) is 451 cm³/mol. The first-order valence-corrected chi connectivity index (χ1v) is 49.5. The standard InChI is InChI=1S/C90H176O17P2/c1-7-9-11-13-15-17-19-21-22-31-38-44-50-56-62-68-74-89(94)106-85(78-100-87(92)72-66-60-54-48-42-34-20-18-16-14-12-10-8-2)80-104-108(96,97)102-76-84(91)77-103-109(98,99)105-81-86(79-101-88(93)73-67-61-55-49-43-37-32-28-27-30-36-41-47-53-59-65-71-83(5)6)107-90(95)75-69-63-57-51-45-39-33-26-24-23-25-29-35-40-46-52-58-64-70-82(3)4/h82-86,91H,7-81H2,1-6H3,(H,96,97)(H,98,99)/t84-,85+,86+/m0/s1. The van der Waals surface area contributed by atoms with Crippen molar-refractivity contribution in [2.45, 2.75) is 503 Å². The highest BCUT2D eigenvalue weighted by Crippen LogP contribution is 2.45. The summed E-state index contributed by atoms with van der Waals surface area (Å²) in [6.07, 6.45) is 74.9. The molecule has 0 radical (unpaired) electrons. The second kappa shape index (κ2) is 81.2. The molecule has 0 aliphatic carbocycles. The van der Waals surface area contributed by atoms with E-state index in [1.807, 2.05) is 0 Å². The fourth-order valence-electron chi connectivity index (χ4n) is 14.1. The van der Waals surface area contributed by atoms with Crippen LogP contribution in [0.15, 0.2) is 0 Å². The molecule has 2 unspecified atom stereocenters. The van der Waals surface area contributed by atoms with Crippen molar-refractivity contribution in [3.8, 4) is 0 Å². The van der Waals surface area contributed by atoms with E-state index >= 15 is 0 Å². The van der Waals surface area contributed by atoms with Gasteiger partial charge < -0.3 is 33.8 Å². The highest BCUT2D eigenvalue weighted by Gasteiger charge is 2.31. The molecule has 0 aromatic carbocycles. The van der Waals surface area contributed by atoms with Gasteiger partial charge in [0.15, 0.2) is 12.2 Å². The first kappa shape index (κ1) is 107. The average molecular weight is 1590 g/mol. The lowest BCUT2D eigenvalue weighted by Gasteiger charge is -2.21. The van der Waals surface area contributed by atoms with E-state index in [9.17, 15) is 43.2 Å². The molecule has 3 N–H and O–H groups in total. The fraction of sp³-hybridized carbons (Fsp3) is 0.956. The van der Waals surface area contributed by atoms with Gasteiger partial charge in [0, 0.05) is 25.7 Å². The van der Waals surface area contributed by atoms with Crippen molar-refractivity contribution in [1.82, 2.24) is 0 Å². The first-order chi connectivity index (χ1) is 52.9. The van der Waals surface area contributed by atoms with Crippen LogP contribution in [0.5, 0.6) is 0 Å². The van der Waals surface area contributed by atoms with Gasteiger partial charge in [-0.25, -0.2) is 9.13 Å². The molecule has 0 aromatic rings. The summed E-state index contributed by atoms with van der Waals surface area (Å²) in [7, 11) is -9.93. The Morgan fingerprint density at radius 3 is 0.624 bits per heavy atom. The number of phosphoric ester groups is 2. The molecule has 109 heavy (non-hydrogen) atoms. The maximum atomic E-state index is 13.2. The predicted octanol–water partition coefficient (Wildman–Crippen LogP) is 27.8. The summed E-state index contributed by atoms with van der Waals surface area (Å²) in [5.41, 5.74) is 0. The Balaban J connectivity index is 5.26. The summed E-state index contributed by atoms with van der Waals surface area (Å²) in [5.74, 6) is -0.461. The number of unbranched alkanes of at least 4 members (excludes halogenated alkanes) is 59. The maximum absolute atomic E-state index is 13.2. The Hall–Kier alpha value is -1.94. The molecular formula is C90H176O17P2. The minimum absolute atomic E-state index is 0.109. The molecule has 0 heterocycles. The van der Waals surface area contributed by atoms with E-state index in [0.717, 1.165) is 102 Å². The van der Waals surface area contributed by atoms with Gasteiger partial charge in [-0.05, 0) is 37.5 Å². The van der Waals surface area contributed by atoms with Gasteiger partial charge in [0.1, 0.15) is 19.3 Å². The molecule has 0 saturated heterocycles. The van der Waals surface area contributed by atoms with Crippen molar-refractivity contribution in [3.63, 3.8) is 0 Å². The molecule has 0 aromatic heterocycles. The Labute approximate surface area is 670 Å². The minimum Gasteiger partial charge on any atom is -0.462 e. The third-order valence-corrected chi connectivity index (χ3v) is 23.1. The van der Waals surface area contributed by atoms with E-state index < -0.39 is 97.5 Å². The van der Waals surface area contributed by atoms with E-state index in [-0.39, 0.29) is 25.7 Å². The summed E-state index contributed by atoms with van der Waals surface area (Å²) in [4.78, 5) is 73.4. The summed E-state index contributed by atoms with van der Waals surface area (Å²) < 4.78 is 69.1. The summed E-state index contributed by atoms with van der Waals surface area (Å²) in [6.45, 7) is 9.77. The smallest absolute Gasteiger partial charge is 0.462 e. The monoisotopic (exact) mass is 1590 g/mol. The summed E-state index contributed by atoms with van der Waals surface area (Å²) in [6, 6.07) is 0. The molecule has 0 amide bonds. The molecule has 0 aliphatic rings. The topological polar surface area (TPSA) is 237 Å². The molecule has 5 atom stereocenters. The number of hydrogen-bond acceptors (Lipinski definition) is 15. The lowest BCUT2D eigenvalue weighted by atomic mass is 10.0. The zero-order chi connectivity index (χ0) is 79.9. The van der Waals surface area contributed by atoms with Gasteiger partial charge in [-0.1, -0.05) is 433 Å². The Morgan fingerprint density at radius 1 is 0.248 bits per heavy atom. The van der Waals surface area contributed by atoms with Crippen molar-refractivity contribution in [2.75, 3.05) is 39.6 Å². The van der Waals surface area contributed by atoms with E-state index in [1.54, 1.807) is 0 Å². The van der Waals surface area contributed by atoms with Crippen molar-refractivity contribution in [3.05, 3.63) is 0 Å². The maximum Gasteiger partial charge on any atom is 0.472 e. The minimum atomic E-state index is -4.97. The van der Waals surface area contributed by atoms with Gasteiger partial charge in [-0.3, -0.25) is 37.3 Å². The molecule has 0 bridgehead atoms. The molecule has 17 nitrogen and oxygen atoms in total. The van der Waals surface area contributed by atoms with Crippen LogP contribution in [-0.4, -0.2) is 96.7 Å². The highest BCUT2D eigenvalue weighted by atomic mass is 31.2. The molecule has 0 aliphatic heterocycles. The Bertz CT molecular complexity index is 2080. The third kappa shape index (κ3) is 83.8. The zero-order valence-corrected chi connectivity index (χ0v) is 73.7. The van der Waals surface area contributed by atoms with Crippen LogP contribution in [0, 0.1) is 11.8 Å². The number of phosphoric acid groups is 2. The lowest BCUT2D eigenvalue weighted by Crippen LogP contribution is -2.30. The van der Waals surface area contributed by atoms with E-state index in [2.05, 4.69) is 41.5 Å². The second-order valence-electron chi connectivity index (χ2n) is 33.3. The Kier molecular flexibility index (Phi) is 79.8. The van der Waals surface area contributed by atoms with Gasteiger partial charge in [0.05, 0.1) is 26.4 Å². The summed E-state index contributed by atoms with van der Waals surface area (Å²) >= 11 is 0. The quantitative estimate of drug-likeness (QED) is 0.0222. The number of aliphatic hydroxyl groups is 1. The van der Waals surface area contributed by atoms with Gasteiger partial charge in [0.2, 0.25) is 0 Å². The van der Waals surface area contributed by atoms with Gasteiger partial charge in [-0.15, -0.1) is 0 Å². The van der Waals surface area contributed by atoms with Crippen LogP contribution >= 0.6 is 15.6 Å².